The minimum absolute atomic E-state index is 0.0126. The van der Waals surface area contributed by atoms with Crippen LogP contribution in [-0.4, -0.2) is 35.9 Å². The number of carboxylic acids is 1. The van der Waals surface area contributed by atoms with Crippen molar-refractivity contribution in [1.82, 2.24) is 4.31 Å². The van der Waals surface area contributed by atoms with E-state index in [-0.39, 0.29) is 27.6 Å². The van der Waals surface area contributed by atoms with E-state index < -0.39 is 16.0 Å². The van der Waals surface area contributed by atoms with E-state index in [1.54, 1.807) is 4.31 Å². The number of hydrogen-bond donors (Lipinski definition) is 1. The van der Waals surface area contributed by atoms with Crippen molar-refractivity contribution >= 4 is 27.6 Å². The number of benzene rings is 1. The smallest absolute Gasteiger partial charge is 0.335 e. The van der Waals surface area contributed by atoms with Crippen LogP contribution in [0.4, 0.5) is 0 Å². The quantitative estimate of drug-likeness (QED) is 0.778. The Bertz CT molecular complexity index is 735. The van der Waals surface area contributed by atoms with Crippen LogP contribution >= 0.6 is 11.6 Å². The van der Waals surface area contributed by atoms with E-state index in [9.17, 15) is 18.3 Å². The van der Waals surface area contributed by atoms with Gasteiger partial charge in [0.1, 0.15) is 4.90 Å². The van der Waals surface area contributed by atoms with Crippen molar-refractivity contribution in [2.24, 2.45) is 0 Å². The Kier molecular flexibility index (Phi) is 6.25. The van der Waals surface area contributed by atoms with Gasteiger partial charge in [0.25, 0.3) is 0 Å². The van der Waals surface area contributed by atoms with Gasteiger partial charge >= 0.3 is 5.97 Å². The standard InChI is InChI=1S/C19H26ClNO4S/c20-17-12-11-14(19(22)23)13-18(17)26(24,25)21(15-7-3-1-4-8-15)16-9-5-2-6-10-16/h11-13,15-16H,1-10H2,(H,22,23). The van der Waals surface area contributed by atoms with Gasteiger partial charge in [-0.15, -0.1) is 0 Å². The molecule has 0 heterocycles. The molecule has 0 saturated heterocycles. The van der Waals surface area contributed by atoms with Crippen molar-refractivity contribution in [2.75, 3.05) is 0 Å². The molecule has 0 bridgehead atoms. The fourth-order valence-electron chi connectivity index (χ4n) is 4.31. The lowest BCUT2D eigenvalue weighted by molar-refractivity contribution is 0.0696. The Balaban J connectivity index is 2.03. The fourth-order valence-corrected chi connectivity index (χ4v) is 6.74. The number of aromatic carboxylic acids is 1. The van der Waals surface area contributed by atoms with Gasteiger partial charge in [-0.25, -0.2) is 13.2 Å². The topological polar surface area (TPSA) is 74.7 Å². The molecule has 2 aliphatic rings. The molecular formula is C19H26ClNO4S. The molecule has 0 aliphatic heterocycles. The van der Waals surface area contributed by atoms with Crippen LogP contribution in [-0.2, 0) is 10.0 Å². The number of nitrogens with zero attached hydrogens (tertiary/aromatic N) is 1. The predicted octanol–water partition coefficient (Wildman–Crippen LogP) is 4.69. The highest BCUT2D eigenvalue weighted by atomic mass is 35.5. The third kappa shape index (κ3) is 4.07. The molecule has 5 nitrogen and oxygen atoms in total. The highest BCUT2D eigenvalue weighted by molar-refractivity contribution is 7.89. The van der Waals surface area contributed by atoms with Crippen LogP contribution in [0.5, 0.6) is 0 Å². The Morgan fingerprint density at radius 3 is 1.92 bits per heavy atom. The van der Waals surface area contributed by atoms with Crippen molar-refractivity contribution in [3.63, 3.8) is 0 Å². The third-order valence-electron chi connectivity index (χ3n) is 5.60. The van der Waals surface area contributed by atoms with Crippen molar-refractivity contribution in [3.8, 4) is 0 Å². The average Bonchev–Trinajstić information content (AvgIpc) is 2.63. The predicted molar refractivity (Wildman–Crippen MR) is 101 cm³/mol. The third-order valence-corrected chi connectivity index (χ3v) is 8.09. The molecule has 0 unspecified atom stereocenters. The van der Waals surface area contributed by atoms with Crippen LogP contribution in [0.3, 0.4) is 0 Å². The van der Waals surface area contributed by atoms with Crippen LogP contribution in [0.25, 0.3) is 0 Å². The minimum atomic E-state index is -3.85. The number of sulfonamides is 1. The van der Waals surface area contributed by atoms with Crippen molar-refractivity contribution in [2.45, 2.75) is 81.2 Å². The lowest BCUT2D eigenvalue weighted by Crippen LogP contribution is -2.48. The van der Waals surface area contributed by atoms with Crippen LogP contribution in [0, 0.1) is 0 Å². The fraction of sp³-hybridized carbons (Fsp3) is 0.632. The van der Waals surface area contributed by atoms with Crippen LogP contribution in [0.15, 0.2) is 23.1 Å². The number of rotatable bonds is 5. The molecule has 26 heavy (non-hydrogen) atoms. The highest BCUT2D eigenvalue weighted by Crippen LogP contribution is 2.36. The summed E-state index contributed by atoms with van der Waals surface area (Å²) in [6, 6.07) is 3.90. The van der Waals surface area contributed by atoms with E-state index in [1.165, 1.54) is 18.2 Å². The summed E-state index contributed by atoms with van der Waals surface area (Å²) in [5, 5.41) is 9.34. The Hall–Kier alpha value is -1.11. The highest BCUT2D eigenvalue weighted by Gasteiger charge is 2.39. The molecule has 1 N–H and O–H groups in total. The zero-order valence-corrected chi connectivity index (χ0v) is 16.4. The van der Waals surface area contributed by atoms with Gasteiger partial charge in [-0.1, -0.05) is 50.1 Å². The molecule has 2 saturated carbocycles. The van der Waals surface area contributed by atoms with Crippen LogP contribution in [0.1, 0.15) is 74.6 Å². The molecule has 0 spiro atoms. The van der Waals surface area contributed by atoms with E-state index in [0.29, 0.717) is 0 Å². The van der Waals surface area contributed by atoms with Gasteiger partial charge in [-0.2, -0.15) is 4.31 Å². The van der Waals surface area contributed by atoms with Crippen LogP contribution in [0.2, 0.25) is 5.02 Å². The molecule has 1 aromatic rings. The van der Waals surface area contributed by atoms with Gasteiger partial charge in [0.2, 0.25) is 10.0 Å². The monoisotopic (exact) mass is 399 g/mol. The SMILES string of the molecule is O=C(O)c1ccc(Cl)c(S(=O)(=O)N(C2CCCCC2)C2CCCCC2)c1. The minimum Gasteiger partial charge on any atom is -0.478 e. The number of hydrogen-bond acceptors (Lipinski definition) is 3. The molecule has 0 amide bonds. The first-order valence-corrected chi connectivity index (χ1v) is 11.3. The molecule has 2 fully saturated rings. The molecule has 1 aromatic carbocycles. The molecule has 0 atom stereocenters. The van der Waals surface area contributed by atoms with E-state index in [4.69, 9.17) is 11.6 Å². The Morgan fingerprint density at radius 2 is 1.46 bits per heavy atom. The van der Waals surface area contributed by atoms with Crippen molar-refractivity contribution in [3.05, 3.63) is 28.8 Å². The maximum atomic E-state index is 13.6. The summed E-state index contributed by atoms with van der Waals surface area (Å²) in [6.07, 6.45) is 9.89. The first kappa shape index (κ1) is 19.6. The van der Waals surface area contributed by atoms with Gasteiger partial charge in [0, 0.05) is 12.1 Å². The number of carboxylic acid groups (broad SMARTS) is 1. The zero-order valence-electron chi connectivity index (χ0n) is 14.9. The van der Waals surface area contributed by atoms with Gasteiger partial charge in [-0.05, 0) is 43.9 Å². The zero-order chi connectivity index (χ0) is 18.7. The van der Waals surface area contributed by atoms with Gasteiger partial charge < -0.3 is 5.11 Å². The first-order chi connectivity index (χ1) is 12.4. The second-order valence-electron chi connectivity index (χ2n) is 7.37. The summed E-state index contributed by atoms with van der Waals surface area (Å²) >= 11 is 6.21. The summed E-state index contributed by atoms with van der Waals surface area (Å²) < 4.78 is 28.8. The molecule has 0 aromatic heterocycles. The first-order valence-electron chi connectivity index (χ1n) is 9.47. The Labute approximate surface area is 160 Å². The van der Waals surface area contributed by atoms with Gasteiger partial charge in [-0.3, -0.25) is 0 Å². The average molecular weight is 400 g/mol. The van der Waals surface area contributed by atoms with E-state index in [2.05, 4.69) is 0 Å². The Morgan fingerprint density at radius 1 is 0.962 bits per heavy atom. The summed E-state index contributed by atoms with van der Waals surface area (Å²) in [5.41, 5.74) is -0.0554. The van der Waals surface area contributed by atoms with Crippen molar-refractivity contribution in [1.29, 1.82) is 0 Å². The normalized spacial score (nSPS) is 20.4. The molecule has 0 radical (unpaired) electrons. The maximum Gasteiger partial charge on any atom is 0.335 e. The summed E-state index contributed by atoms with van der Waals surface area (Å²) in [5.74, 6) is -1.15. The molecule has 7 heteroatoms. The number of halogens is 1. The largest absolute Gasteiger partial charge is 0.478 e. The number of carbonyl (C=O) groups is 1. The summed E-state index contributed by atoms with van der Waals surface area (Å²) in [6.45, 7) is 0. The second-order valence-corrected chi connectivity index (χ2v) is 9.59. The molecule has 2 aliphatic carbocycles. The van der Waals surface area contributed by atoms with Gasteiger partial charge in [0.05, 0.1) is 10.6 Å². The van der Waals surface area contributed by atoms with E-state index in [1.807, 2.05) is 0 Å². The lowest BCUT2D eigenvalue weighted by atomic mass is 9.91. The molecule has 3 rings (SSSR count). The molecule has 144 valence electrons. The van der Waals surface area contributed by atoms with E-state index in [0.717, 1.165) is 64.2 Å². The van der Waals surface area contributed by atoms with Crippen molar-refractivity contribution < 1.29 is 18.3 Å². The summed E-state index contributed by atoms with van der Waals surface area (Å²) in [4.78, 5) is 11.2. The lowest BCUT2D eigenvalue weighted by Gasteiger charge is -2.40. The summed E-state index contributed by atoms with van der Waals surface area (Å²) in [7, 11) is -3.85. The maximum absolute atomic E-state index is 13.6. The molecular weight excluding hydrogens is 374 g/mol. The van der Waals surface area contributed by atoms with Crippen LogP contribution < -0.4 is 0 Å². The second kappa shape index (κ2) is 8.28. The van der Waals surface area contributed by atoms with Gasteiger partial charge in [0.15, 0.2) is 0 Å². The van der Waals surface area contributed by atoms with E-state index >= 15 is 0 Å².